The molecule has 0 aromatic carbocycles. The van der Waals surface area contributed by atoms with Crippen LogP contribution in [0.3, 0.4) is 0 Å². The van der Waals surface area contributed by atoms with Crippen LogP contribution in [0.5, 0.6) is 0 Å². The van der Waals surface area contributed by atoms with Crippen molar-refractivity contribution in [2.24, 2.45) is 0 Å². The van der Waals surface area contributed by atoms with Crippen LogP contribution in [0.4, 0.5) is 4.79 Å². The fourth-order valence-electron chi connectivity index (χ4n) is 2.91. The van der Waals surface area contributed by atoms with Crippen molar-refractivity contribution in [3.63, 3.8) is 0 Å². The van der Waals surface area contributed by atoms with Gasteiger partial charge in [-0.1, -0.05) is 39.0 Å². The summed E-state index contributed by atoms with van der Waals surface area (Å²) in [5.74, 6) is -0.932. The molecule has 1 saturated carbocycles. The molecule has 1 atom stereocenters. The molecule has 0 spiro atoms. The lowest BCUT2D eigenvalue weighted by molar-refractivity contribution is -0.145. The standard InChI is InChI=1S/C15H28N2O4/c1-3-8-12(11-21-2)16-14(20)17-15(13(18)19)9-6-4-5-7-10-15/h12H,3-11H2,1-2H3,(H,18,19)(H2,16,17,20). The van der Waals surface area contributed by atoms with Gasteiger partial charge in [0.05, 0.1) is 12.6 Å². The van der Waals surface area contributed by atoms with Crippen molar-refractivity contribution in [1.29, 1.82) is 0 Å². The minimum absolute atomic E-state index is 0.0865. The molecule has 122 valence electrons. The molecule has 1 aliphatic rings. The summed E-state index contributed by atoms with van der Waals surface area (Å²) in [4.78, 5) is 23.8. The molecule has 0 aromatic rings. The summed E-state index contributed by atoms with van der Waals surface area (Å²) in [6.07, 6.45) is 6.46. The number of carboxylic acid groups (broad SMARTS) is 1. The van der Waals surface area contributed by atoms with Crippen LogP contribution in [-0.4, -0.2) is 42.4 Å². The first-order valence-corrected chi connectivity index (χ1v) is 7.85. The van der Waals surface area contributed by atoms with E-state index in [9.17, 15) is 14.7 Å². The summed E-state index contributed by atoms with van der Waals surface area (Å²) in [7, 11) is 1.59. The number of aliphatic carboxylic acids is 1. The van der Waals surface area contributed by atoms with Crippen molar-refractivity contribution >= 4 is 12.0 Å². The molecule has 21 heavy (non-hydrogen) atoms. The molecule has 0 aromatic heterocycles. The summed E-state index contributed by atoms with van der Waals surface area (Å²) < 4.78 is 5.08. The maximum atomic E-state index is 12.2. The molecule has 6 heteroatoms. The normalized spacial score (nSPS) is 19.3. The monoisotopic (exact) mass is 300 g/mol. The van der Waals surface area contributed by atoms with E-state index in [2.05, 4.69) is 10.6 Å². The molecule has 2 amide bonds. The van der Waals surface area contributed by atoms with Gasteiger partial charge in [-0.25, -0.2) is 9.59 Å². The van der Waals surface area contributed by atoms with Gasteiger partial charge < -0.3 is 20.5 Å². The number of ether oxygens (including phenoxy) is 1. The van der Waals surface area contributed by atoms with Gasteiger partial charge in [0.2, 0.25) is 0 Å². The number of nitrogens with one attached hydrogen (secondary N) is 2. The average molecular weight is 300 g/mol. The Hall–Kier alpha value is -1.30. The molecule has 1 fully saturated rings. The van der Waals surface area contributed by atoms with Gasteiger partial charge in [0.25, 0.3) is 0 Å². The Balaban J connectivity index is 2.65. The van der Waals surface area contributed by atoms with E-state index in [0.717, 1.165) is 38.5 Å². The molecular weight excluding hydrogens is 272 g/mol. The van der Waals surface area contributed by atoms with Crippen molar-refractivity contribution in [3.8, 4) is 0 Å². The summed E-state index contributed by atoms with van der Waals surface area (Å²) in [5, 5.41) is 15.1. The number of methoxy groups -OCH3 is 1. The Bertz CT molecular complexity index is 333. The number of rotatable bonds is 7. The van der Waals surface area contributed by atoms with E-state index in [1.807, 2.05) is 6.92 Å². The molecule has 3 N–H and O–H groups in total. The second kappa shape index (κ2) is 8.87. The number of hydrogen-bond acceptors (Lipinski definition) is 3. The highest BCUT2D eigenvalue weighted by molar-refractivity contribution is 5.86. The van der Waals surface area contributed by atoms with Gasteiger partial charge in [0.1, 0.15) is 5.54 Å². The number of amides is 2. The fraction of sp³-hybridized carbons (Fsp3) is 0.867. The average Bonchev–Trinajstić information content (AvgIpc) is 2.65. The molecule has 0 aliphatic heterocycles. The second-order valence-electron chi connectivity index (χ2n) is 5.84. The van der Waals surface area contributed by atoms with Crippen LogP contribution in [-0.2, 0) is 9.53 Å². The lowest BCUT2D eigenvalue weighted by Gasteiger charge is -2.30. The SMILES string of the molecule is CCCC(COC)NC(=O)NC1(C(=O)O)CCCCCC1. The maximum Gasteiger partial charge on any atom is 0.329 e. The molecule has 6 nitrogen and oxygen atoms in total. The van der Waals surface area contributed by atoms with Crippen LogP contribution in [0.25, 0.3) is 0 Å². The van der Waals surface area contributed by atoms with E-state index in [1.165, 1.54) is 0 Å². The van der Waals surface area contributed by atoms with Crippen molar-refractivity contribution in [2.45, 2.75) is 69.9 Å². The van der Waals surface area contributed by atoms with Crippen molar-refractivity contribution in [1.82, 2.24) is 10.6 Å². The zero-order valence-corrected chi connectivity index (χ0v) is 13.1. The zero-order valence-electron chi connectivity index (χ0n) is 13.1. The van der Waals surface area contributed by atoms with Crippen molar-refractivity contribution in [2.75, 3.05) is 13.7 Å². The molecule has 1 rings (SSSR count). The molecule has 1 unspecified atom stereocenters. The molecule has 0 radical (unpaired) electrons. The van der Waals surface area contributed by atoms with Gasteiger partial charge in [-0.3, -0.25) is 0 Å². The third kappa shape index (κ3) is 5.53. The van der Waals surface area contributed by atoms with Gasteiger partial charge in [-0.15, -0.1) is 0 Å². The van der Waals surface area contributed by atoms with Gasteiger partial charge in [0.15, 0.2) is 0 Å². The van der Waals surface area contributed by atoms with Gasteiger partial charge in [-0.05, 0) is 19.3 Å². The van der Waals surface area contributed by atoms with Crippen LogP contribution >= 0.6 is 0 Å². The topological polar surface area (TPSA) is 87.7 Å². The first-order chi connectivity index (χ1) is 10.0. The first-order valence-electron chi connectivity index (χ1n) is 7.85. The van der Waals surface area contributed by atoms with Crippen LogP contribution in [0.1, 0.15) is 58.3 Å². The highest BCUT2D eigenvalue weighted by Crippen LogP contribution is 2.27. The Morgan fingerprint density at radius 2 is 1.86 bits per heavy atom. The maximum absolute atomic E-state index is 12.2. The highest BCUT2D eigenvalue weighted by Gasteiger charge is 2.40. The summed E-state index contributed by atoms with van der Waals surface area (Å²) in [6, 6.07) is -0.494. The lowest BCUT2D eigenvalue weighted by atomic mass is 9.90. The van der Waals surface area contributed by atoms with Crippen LogP contribution < -0.4 is 10.6 Å². The molecule has 1 aliphatic carbocycles. The second-order valence-corrected chi connectivity index (χ2v) is 5.84. The molecule has 0 bridgehead atoms. The smallest absolute Gasteiger partial charge is 0.329 e. The quantitative estimate of drug-likeness (QED) is 0.629. The first kappa shape index (κ1) is 17.8. The van der Waals surface area contributed by atoms with Crippen LogP contribution in [0.2, 0.25) is 0 Å². The number of hydrogen-bond donors (Lipinski definition) is 3. The Morgan fingerprint density at radius 1 is 1.24 bits per heavy atom. The van der Waals surface area contributed by atoms with E-state index in [4.69, 9.17) is 4.74 Å². The Labute approximate surface area is 126 Å². The predicted molar refractivity (Wildman–Crippen MR) is 80.3 cm³/mol. The van der Waals surface area contributed by atoms with E-state index in [0.29, 0.717) is 19.4 Å². The van der Waals surface area contributed by atoms with E-state index in [-0.39, 0.29) is 6.04 Å². The molecular formula is C15H28N2O4. The molecule has 0 heterocycles. The van der Waals surface area contributed by atoms with Crippen LogP contribution in [0.15, 0.2) is 0 Å². The van der Waals surface area contributed by atoms with Gasteiger partial charge in [0, 0.05) is 7.11 Å². The number of carbonyl (C=O) groups is 2. The number of carboxylic acids is 1. The predicted octanol–water partition coefficient (Wildman–Crippen LogP) is 2.28. The highest BCUT2D eigenvalue weighted by atomic mass is 16.5. The fourth-order valence-corrected chi connectivity index (χ4v) is 2.91. The third-order valence-electron chi connectivity index (χ3n) is 4.06. The molecule has 0 saturated heterocycles. The van der Waals surface area contributed by atoms with Crippen molar-refractivity contribution in [3.05, 3.63) is 0 Å². The minimum atomic E-state index is -1.12. The lowest BCUT2D eigenvalue weighted by Crippen LogP contribution is -2.58. The Morgan fingerprint density at radius 3 is 2.33 bits per heavy atom. The van der Waals surface area contributed by atoms with Crippen LogP contribution in [0, 0.1) is 0 Å². The summed E-state index contributed by atoms with van der Waals surface area (Å²) in [5.41, 5.74) is -1.12. The largest absolute Gasteiger partial charge is 0.480 e. The number of carbonyl (C=O) groups excluding carboxylic acids is 1. The van der Waals surface area contributed by atoms with Gasteiger partial charge >= 0.3 is 12.0 Å². The Kier molecular flexibility index (Phi) is 7.50. The van der Waals surface area contributed by atoms with Gasteiger partial charge in [-0.2, -0.15) is 0 Å². The van der Waals surface area contributed by atoms with Crippen molar-refractivity contribution < 1.29 is 19.4 Å². The minimum Gasteiger partial charge on any atom is -0.480 e. The van der Waals surface area contributed by atoms with E-state index < -0.39 is 17.5 Å². The van der Waals surface area contributed by atoms with E-state index >= 15 is 0 Å². The summed E-state index contributed by atoms with van der Waals surface area (Å²) in [6.45, 7) is 2.47. The van der Waals surface area contributed by atoms with E-state index in [1.54, 1.807) is 7.11 Å². The third-order valence-corrected chi connectivity index (χ3v) is 4.06. The summed E-state index contributed by atoms with van der Waals surface area (Å²) >= 11 is 0. The number of urea groups is 1. The zero-order chi connectivity index (χ0) is 15.7.